The monoisotopic (exact) mass is 395 g/mol. The molecule has 0 aliphatic heterocycles. The van der Waals surface area contributed by atoms with Crippen LogP contribution in [0, 0.1) is 11.3 Å². The topological polar surface area (TPSA) is 63.2 Å². The molecule has 0 spiro atoms. The van der Waals surface area contributed by atoms with Crippen LogP contribution in [-0.4, -0.2) is 20.9 Å². The van der Waals surface area contributed by atoms with Gasteiger partial charge in [0.15, 0.2) is 0 Å². The highest BCUT2D eigenvalue weighted by molar-refractivity contribution is 9.10. The van der Waals surface area contributed by atoms with Gasteiger partial charge in [-0.05, 0) is 45.5 Å². The Morgan fingerprint density at radius 2 is 1.95 bits per heavy atom. The summed E-state index contributed by atoms with van der Waals surface area (Å²) < 4.78 is 23.2. The van der Waals surface area contributed by atoms with E-state index in [0.29, 0.717) is 16.9 Å². The third kappa shape index (κ3) is 4.97. The van der Waals surface area contributed by atoms with Crippen LogP contribution in [-0.2, 0) is 9.05 Å². The third-order valence-corrected chi connectivity index (χ3v) is 5.77. The molecule has 0 heterocycles. The van der Waals surface area contributed by atoms with Crippen molar-refractivity contribution in [1.82, 2.24) is 5.32 Å². The fraction of sp³-hybridized carbons (Fsp3) is 0.500. The predicted molar refractivity (Wildman–Crippen MR) is 88.1 cm³/mol. The van der Waals surface area contributed by atoms with Crippen molar-refractivity contribution in [2.75, 3.05) is 6.54 Å². The van der Waals surface area contributed by atoms with Gasteiger partial charge in [0.2, 0.25) is 0 Å². The summed E-state index contributed by atoms with van der Waals surface area (Å²) in [6, 6.07) is 4.11. The first-order chi connectivity index (χ1) is 9.45. The Hall–Kier alpha value is -0.590. The molecular weight excluding hydrogens is 378 g/mol. The van der Waals surface area contributed by atoms with Crippen LogP contribution in [0.3, 0.4) is 0 Å². The molecule has 0 saturated carbocycles. The Morgan fingerprint density at radius 3 is 2.43 bits per heavy atom. The lowest BCUT2D eigenvalue weighted by molar-refractivity contribution is 0.0924. The zero-order valence-corrected chi connectivity index (χ0v) is 15.6. The van der Waals surface area contributed by atoms with Gasteiger partial charge in [0.05, 0.1) is 10.5 Å². The normalized spacial score (nSPS) is 12.5. The lowest BCUT2D eigenvalue weighted by Gasteiger charge is -2.29. The van der Waals surface area contributed by atoms with E-state index in [1.165, 1.54) is 18.2 Å². The number of carbonyl (C=O) groups excluding carboxylic acids is 1. The summed E-state index contributed by atoms with van der Waals surface area (Å²) in [5.41, 5.74) is 0.189. The fourth-order valence-corrected chi connectivity index (χ4v) is 2.64. The number of carbonyl (C=O) groups is 1. The van der Waals surface area contributed by atoms with Gasteiger partial charge in [-0.2, -0.15) is 0 Å². The highest BCUT2D eigenvalue weighted by Crippen LogP contribution is 2.26. The molecule has 7 heteroatoms. The van der Waals surface area contributed by atoms with E-state index in [1.54, 1.807) is 0 Å². The first-order valence-corrected chi connectivity index (χ1v) is 9.58. The zero-order chi connectivity index (χ0) is 16.4. The highest BCUT2D eigenvalue weighted by atomic mass is 79.9. The SMILES string of the molecule is CC(C)C(C)(C)CNC(=O)c1cc(S(=O)(=O)Cl)ccc1Br. The van der Waals surface area contributed by atoms with Crippen molar-refractivity contribution in [3.8, 4) is 0 Å². The van der Waals surface area contributed by atoms with E-state index in [9.17, 15) is 13.2 Å². The summed E-state index contributed by atoms with van der Waals surface area (Å²) in [4.78, 5) is 12.1. The van der Waals surface area contributed by atoms with Gasteiger partial charge in [-0.1, -0.05) is 27.7 Å². The summed E-state index contributed by atoms with van der Waals surface area (Å²) >= 11 is 3.25. The van der Waals surface area contributed by atoms with Crippen LogP contribution in [0.2, 0.25) is 0 Å². The molecule has 4 nitrogen and oxygen atoms in total. The Labute approximate surface area is 138 Å². The molecule has 0 radical (unpaired) electrons. The van der Waals surface area contributed by atoms with E-state index in [1.807, 2.05) is 0 Å². The van der Waals surface area contributed by atoms with Crippen LogP contribution >= 0.6 is 26.6 Å². The van der Waals surface area contributed by atoms with Crippen molar-refractivity contribution in [2.45, 2.75) is 32.6 Å². The Bertz CT molecular complexity index is 642. The molecule has 118 valence electrons. The standard InChI is InChI=1S/C14H19BrClNO3S/c1-9(2)14(3,4)8-17-13(18)11-7-10(21(16,19)20)5-6-12(11)15/h5-7,9H,8H2,1-4H3,(H,17,18). The van der Waals surface area contributed by atoms with Crippen LogP contribution in [0.5, 0.6) is 0 Å². The van der Waals surface area contributed by atoms with E-state index < -0.39 is 9.05 Å². The van der Waals surface area contributed by atoms with Gasteiger partial charge >= 0.3 is 0 Å². The summed E-state index contributed by atoms with van der Waals surface area (Å²) in [6.45, 7) is 8.79. The van der Waals surface area contributed by atoms with E-state index in [4.69, 9.17) is 10.7 Å². The van der Waals surface area contributed by atoms with Gasteiger partial charge in [-0.3, -0.25) is 4.79 Å². The zero-order valence-electron chi connectivity index (χ0n) is 12.4. The Morgan fingerprint density at radius 1 is 1.38 bits per heavy atom. The molecule has 1 rings (SSSR count). The van der Waals surface area contributed by atoms with E-state index in [0.717, 1.165) is 0 Å². The Balaban J connectivity index is 2.98. The van der Waals surface area contributed by atoms with E-state index in [2.05, 4.69) is 48.9 Å². The third-order valence-electron chi connectivity index (χ3n) is 3.73. The van der Waals surface area contributed by atoms with Crippen molar-refractivity contribution in [2.24, 2.45) is 11.3 Å². The van der Waals surface area contributed by atoms with E-state index in [-0.39, 0.29) is 21.8 Å². The fourth-order valence-electron chi connectivity index (χ4n) is 1.44. The average molecular weight is 397 g/mol. The molecule has 0 unspecified atom stereocenters. The largest absolute Gasteiger partial charge is 0.351 e. The lowest BCUT2D eigenvalue weighted by Crippen LogP contribution is -2.37. The van der Waals surface area contributed by atoms with Crippen LogP contribution in [0.25, 0.3) is 0 Å². The number of benzene rings is 1. The molecule has 1 aromatic carbocycles. The number of hydrogen-bond acceptors (Lipinski definition) is 3. The van der Waals surface area contributed by atoms with Crippen molar-refractivity contribution >= 4 is 41.6 Å². The van der Waals surface area contributed by atoms with Crippen molar-refractivity contribution in [3.63, 3.8) is 0 Å². The first kappa shape index (κ1) is 18.5. The van der Waals surface area contributed by atoms with Gasteiger partial charge in [-0.15, -0.1) is 0 Å². The van der Waals surface area contributed by atoms with Gasteiger partial charge in [0.25, 0.3) is 15.0 Å². The summed E-state index contributed by atoms with van der Waals surface area (Å²) in [5.74, 6) is 0.0635. The van der Waals surface area contributed by atoms with Crippen molar-refractivity contribution < 1.29 is 13.2 Å². The predicted octanol–water partition coefficient (Wildman–Crippen LogP) is 3.79. The molecule has 0 aliphatic carbocycles. The lowest BCUT2D eigenvalue weighted by atomic mass is 9.81. The average Bonchev–Trinajstić information content (AvgIpc) is 2.35. The summed E-state index contributed by atoms with van der Waals surface area (Å²) in [7, 11) is 1.44. The molecule has 1 aromatic rings. The molecule has 0 fully saturated rings. The van der Waals surface area contributed by atoms with Gasteiger partial charge in [0.1, 0.15) is 0 Å². The molecule has 0 aliphatic rings. The minimum absolute atomic E-state index is 0.0572. The van der Waals surface area contributed by atoms with Crippen molar-refractivity contribution in [3.05, 3.63) is 28.2 Å². The van der Waals surface area contributed by atoms with Gasteiger partial charge in [-0.25, -0.2) is 8.42 Å². The molecule has 21 heavy (non-hydrogen) atoms. The number of halogens is 2. The second-order valence-electron chi connectivity index (χ2n) is 5.91. The summed E-state index contributed by atoms with van der Waals surface area (Å²) in [5, 5.41) is 2.83. The number of hydrogen-bond donors (Lipinski definition) is 1. The highest BCUT2D eigenvalue weighted by Gasteiger charge is 2.24. The number of rotatable bonds is 5. The van der Waals surface area contributed by atoms with Gasteiger partial charge < -0.3 is 5.32 Å². The minimum Gasteiger partial charge on any atom is -0.351 e. The maximum absolute atomic E-state index is 12.2. The van der Waals surface area contributed by atoms with Crippen molar-refractivity contribution in [1.29, 1.82) is 0 Å². The van der Waals surface area contributed by atoms with Crippen LogP contribution in [0.1, 0.15) is 38.1 Å². The maximum atomic E-state index is 12.2. The molecule has 0 bridgehead atoms. The molecule has 1 amide bonds. The molecule has 1 N–H and O–H groups in total. The second kappa shape index (κ2) is 6.67. The van der Waals surface area contributed by atoms with Crippen LogP contribution in [0.15, 0.2) is 27.6 Å². The number of nitrogens with one attached hydrogen (secondary N) is 1. The van der Waals surface area contributed by atoms with Crippen LogP contribution in [0.4, 0.5) is 0 Å². The molecule has 0 aromatic heterocycles. The van der Waals surface area contributed by atoms with Gasteiger partial charge in [0, 0.05) is 21.7 Å². The molecular formula is C14H19BrClNO3S. The first-order valence-electron chi connectivity index (χ1n) is 6.47. The Kier molecular flexibility index (Phi) is 5.86. The quantitative estimate of drug-likeness (QED) is 0.770. The maximum Gasteiger partial charge on any atom is 0.261 e. The molecule has 0 atom stereocenters. The number of amides is 1. The minimum atomic E-state index is -3.86. The van der Waals surface area contributed by atoms with E-state index >= 15 is 0 Å². The second-order valence-corrected chi connectivity index (χ2v) is 9.33. The molecule has 0 saturated heterocycles. The smallest absolute Gasteiger partial charge is 0.261 e. The van der Waals surface area contributed by atoms with Crippen LogP contribution < -0.4 is 5.32 Å². The summed E-state index contributed by atoms with van der Waals surface area (Å²) in [6.07, 6.45) is 0.